The summed E-state index contributed by atoms with van der Waals surface area (Å²) in [6.45, 7) is 1.38. The smallest absolute Gasteiger partial charge is 0.127 e. The molecule has 0 unspecified atom stereocenters. The molecule has 1 heterocycles. The fourth-order valence-electron chi connectivity index (χ4n) is 6.06. The zero-order valence-corrected chi connectivity index (χ0v) is 27.0. The van der Waals surface area contributed by atoms with Crippen LogP contribution in [0.4, 0.5) is 0 Å². The second kappa shape index (κ2) is 14.3. The number of fused-ring (bicyclic) bond motifs is 3. The molecule has 1 aliphatic heterocycles. The third-order valence-corrected chi connectivity index (χ3v) is 13.1. The molecule has 2 nitrogen and oxygen atoms in total. The molecular formula is C41H36O2P2. The first-order valence-electron chi connectivity index (χ1n) is 15.7. The monoisotopic (exact) mass is 622 g/mol. The fraction of sp³-hybridized carbons (Fsp3) is 0.122. The predicted molar refractivity (Wildman–Crippen MR) is 194 cm³/mol. The maximum atomic E-state index is 6.75. The quantitative estimate of drug-likeness (QED) is 0.177. The van der Waals surface area contributed by atoms with Gasteiger partial charge in [0.25, 0.3) is 0 Å². The standard InChI is InChI=1S/C41H36O2P2/c1-6-18-32(19-7-1)44(33-20-8-2-9-21-33)38-28-16-26-36-40(38)41-37(43-31-15-5-14-30-42-36)27-17-29-39(41)45(34-22-10-3-11-23-34)35-24-12-4-13-25-35/h1-4,6-13,16-29H,5,14-15,30-31H2. The van der Waals surface area contributed by atoms with Gasteiger partial charge in [0.05, 0.1) is 13.2 Å². The zero-order valence-electron chi connectivity index (χ0n) is 25.3. The third-order valence-electron chi connectivity index (χ3n) is 8.10. The number of benzene rings is 6. The summed E-state index contributed by atoms with van der Waals surface area (Å²) in [6, 6.07) is 57.1. The van der Waals surface area contributed by atoms with E-state index < -0.39 is 15.8 Å². The maximum absolute atomic E-state index is 6.75. The second-order valence-electron chi connectivity index (χ2n) is 11.1. The number of ether oxygens (including phenoxy) is 2. The Kier molecular flexibility index (Phi) is 9.34. The van der Waals surface area contributed by atoms with Gasteiger partial charge in [-0.1, -0.05) is 146 Å². The molecule has 7 rings (SSSR count). The maximum Gasteiger partial charge on any atom is 0.127 e. The fourth-order valence-corrected chi connectivity index (χ4v) is 11.0. The average molecular weight is 623 g/mol. The molecule has 0 N–H and O–H groups in total. The molecule has 0 bridgehead atoms. The van der Waals surface area contributed by atoms with Crippen LogP contribution < -0.4 is 41.3 Å². The van der Waals surface area contributed by atoms with Gasteiger partial charge in [0.2, 0.25) is 0 Å². The van der Waals surface area contributed by atoms with Crippen LogP contribution in [0.5, 0.6) is 11.5 Å². The van der Waals surface area contributed by atoms with Crippen LogP contribution in [-0.4, -0.2) is 13.2 Å². The summed E-state index contributed by atoms with van der Waals surface area (Å²) < 4.78 is 13.5. The van der Waals surface area contributed by atoms with Gasteiger partial charge in [-0.15, -0.1) is 0 Å². The lowest BCUT2D eigenvalue weighted by Crippen LogP contribution is -2.26. The van der Waals surface area contributed by atoms with Crippen LogP contribution in [0, 0.1) is 0 Å². The first kappa shape index (κ1) is 29.5. The SMILES string of the molecule is c1ccc(P(c2ccccc2)c2cccc3c2-c2c(cccc2P(c2ccccc2)c2ccccc2)OCCCCCO3)cc1. The normalized spacial score (nSPS) is 13.2. The molecule has 0 spiro atoms. The largest absolute Gasteiger partial charge is 0.493 e. The van der Waals surface area contributed by atoms with Gasteiger partial charge < -0.3 is 9.47 Å². The topological polar surface area (TPSA) is 18.5 Å². The van der Waals surface area contributed by atoms with E-state index in [9.17, 15) is 0 Å². The van der Waals surface area contributed by atoms with Gasteiger partial charge in [-0.2, -0.15) is 0 Å². The van der Waals surface area contributed by atoms with Crippen molar-refractivity contribution in [1.82, 2.24) is 0 Å². The van der Waals surface area contributed by atoms with E-state index in [1.165, 1.54) is 31.8 Å². The van der Waals surface area contributed by atoms with E-state index in [1.807, 2.05) is 0 Å². The molecule has 0 amide bonds. The van der Waals surface area contributed by atoms with Crippen LogP contribution in [0.2, 0.25) is 0 Å². The molecule has 1 aliphatic rings. The van der Waals surface area contributed by atoms with Gasteiger partial charge in [0.15, 0.2) is 0 Å². The van der Waals surface area contributed by atoms with Crippen molar-refractivity contribution in [2.24, 2.45) is 0 Å². The van der Waals surface area contributed by atoms with Gasteiger partial charge in [-0.3, -0.25) is 0 Å². The Morgan fingerprint density at radius 2 is 0.667 bits per heavy atom. The molecule has 0 fully saturated rings. The highest BCUT2D eigenvalue weighted by molar-refractivity contribution is 7.80. The van der Waals surface area contributed by atoms with Crippen LogP contribution in [0.15, 0.2) is 158 Å². The van der Waals surface area contributed by atoms with E-state index >= 15 is 0 Å². The van der Waals surface area contributed by atoms with Gasteiger partial charge in [-0.05, 0) is 79.1 Å². The molecule has 0 aliphatic carbocycles. The Labute approximate surface area is 269 Å². The van der Waals surface area contributed by atoms with Crippen molar-refractivity contribution in [2.75, 3.05) is 13.2 Å². The van der Waals surface area contributed by atoms with Crippen molar-refractivity contribution in [1.29, 1.82) is 0 Å². The van der Waals surface area contributed by atoms with Crippen molar-refractivity contribution >= 4 is 47.7 Å². The molecule has 0 radical (unpaired) electrons. The second-order valence-corrected chi connectivity index (χ2v) is 15.4. The summed E-state index contributed by atoms with van der Waals surface area (Å²) in [5, 5.41) is 7.83. The van der Waals surface area contributed by atoms with E-state index in [1.54, 1.807) is 0 Å². The Balaban J connectivity index is 1.56. The van der Waals surface area contributed by atoms with Gasteiger partial charge in [0, 0.05) is 11.1 Å². The summed E-state index contributed by atoms with van der Waals surface area (Å²) in [6.07, 6.45) is 3.08. The molecule has 222 valence electrons. The molecule has 0 saturated carbocycles. The van der Waals surface area contributed by atoms with E-state index in [0.717, 1.165) is 41.9 Å². The molecule has 0 atom stereocenters. The van der Waals surface area contributed by atoms with E-state index in [2.05, 4.69) is 158 Å². The van der Waals surface area contributed by atoms with Crippen molar-refractivity contribution in [3.05, 3.63) is 158 Å². The van der Waals surface area contributed by atoms with Crippen molar-refractivity contribution in [3.8, 4) is 22.6 Å². The minimum absolute atomic E-state index is 0.689. The van der Waals surface area contributed by atoms with Crippen LogP contribution >= 0.6 is 15.8 Å². The lowest BCUT2D eigenvalue weighted by Gasteiger charge is -2.28. The predicted octanol–water partition coefficient (Wildman–Crippen LogP) is 7.81. The minimum Gasteiger partial charge on any atom is -0.493 e. The van der Waals surface area contributed by atoms with Crippen molar-refractivity contribution in [2.45, 2.75) is 19.3 Å². The summed E-state index contributed by atoms with van der Waals surface area (Å²) in [7, 11) is -1.79. The number of rotatable bonds is 6. The number of hydrogen-bond acceptors (Lipinski definition) is 2. The lowest BCUT2D eigenvalue weighted by atomic mass is 10.0. The summed E-state index contributed by atoms with van der Waals surface area (Å²) in [5.41, 5.74) is 2.31. The Morgan fingerprint density at radius 3 is 1.00 bits per heavy atom. The molecule has 0 aromatic heterocycles. The van der Waals surface area contributed by atoms with Gasteiger partial charge in [0.1, 0.15) is 11.5 Å². The summed E-state index contributed by atoms with van der Waals surface area (Å²) >= 11 is 0. The van der Waals surface area contributed by atoms with E-state index in [4.69, 9.17) is 9.47 Å². The first-order valence-corrected chi connectivity index (χ1v) is 18.4. The molecule has 6 aromatic rings. The van der Waals surface area contributed by atoms with Crippen LogP contribution in [0.25, 0.3) is 11.1 Å². The van der Waals surface area contributed by atoms with Gasteiger partial charge >= 0.3 is 0 Å². The Bertz CT molecular complexity index is 1610. The van der Waals surface area contributed by atoms with Crippen molar-refractivity contribution in [3.63, 3.8) is 0 Å². The highest BCUT2D eigenvalue weighted by atomic mass is 31.1. The zero-order chi connectivity index (χ0) is 30.3. The van der Waals surface area contributed by atoms with E-state index in [-0.39, 0.29) is 0 Å². The number of hydrogen-bond donors (Lipinski definition) is 0. The summed E-state index contributed by atoms with van der Waals surface area (Å²) in [4.78, 5) is 0. The van der Waals surface area contributed by atoms with Crippen LogP contribution in [-0.2, 0) is 0 Å². The molecular weight excluding hydrogens is 586 g/mol. The lowest BCUT2D eigenvalue weighted by molar-refractivity contribution is 0.284. The highest BCUT2D eigenvalue weighted by Crippen LogP contribution is 2.47. The Hall–Kier alpha value is -4.22. The summed E-state index contributed by atoms with van der Waals surface area (Å²) in [5.74, 6) is 1.87. The first-order chi connectivity index (χ1) is 22.4. The van der Waals surface area contributed by atoms with Gasteiger partial charge in [-0.25, -0.2) is 0 Å². The highest BCUT2D eigenvalue weighted by Gasteiger charge is 2.30. The molecule has 4 heteroatoms. The molecule has 45 heavy (non-hydrogen) atoms. The molecule has 6 aromatic carbocycles. The van der Waals surface area contributed by atoms with Crippen LogP contribution in [0.3, 0.4) is 0 Å². The Morgan fingerprint density at radius 1 is 0.333 bits per heavy atom. The minimum atomic E-state index is -0.896. The molecule has 0 saturated heterocycles. The average Bonchev–Trinajstić information content (AvgIpc) is 3.14. The van der Waals surface area contributed by atoms with Crippen molar-refractivity contribution < 1.29 is 9.47 Å². The van der Waals surface area contributed by atoms with E-state index in [0.29, 0.717) is 13.2 Å². The third kappa shape index (κ3) is 6.46. The van der Waals surface area contributed by atoms with Crippen LogP contribution in [0.1, 0.15) is 19.3 Å².